The van der Waals surface area contributed by atoms with E-state index in [0.29, 0.717) is 5.16 Å². The topological polar surface area (TPSA) is 98.0 Å². The van der Waals surface area contributed by atoms with Gasteiger partial charge in [0, 0.05) is 5.75 Å². The molecule has 1 aromatic heterocycles. The maximum Gasteiger partial charge on any atom is 0.285 e. The van der Waals surface area contributed by atoms with E-state index in [0.717, 1.165) is 16.9 Å². The van der Waals surface area contributed by atoms with E-state index >= 15 is 0 Å². The molecule has 0 spiro atoms. The molecule has 0 bridgehead atoms. The van der Waals surface area contributed by atoms with Crippen LogP contribution in [0.3, 0.4) is 0 Å². The Hall–Kier alpha value is -0.670. The summed E-state index contributed by atoms with van der Waals surface area (Å²) in [6.45, 7) is 1.99. The summed E-state index contributed by atoms with van der Waals surface area (Å²) in [6.07, 6.45) is 0.934. The van der Waals surface area contributed by atoms with E-state index in [1.807, 2.05) is 6.92 Å². The molecule has 0 atom stereocenters. The second-order valence-corrected chi connectivity index (χ2v) is 5.00. The first kappa shape index (κ1) is 11.4. The van der Waals surface area contributed by atoms with Crippen LogP contribution in [0, 0.1) is 0 Å². The van der Waals surface area contributed by atoms with Gasteiger partial charge < -0.3 is 0 Å². The molecule has 0 saturated carbocycles. The quantitative estimate of drug-likeness (QED) is 0.570. The largest absolute Gasteiger partial charge is 0.285 e. The fourth-order valence-electron chi connectivity index (χ4n) is 0.729. The molecule has 9 heteroatoms. The number of rotatable bonds is 5. The van der Waals surface area contributed by atoms with Crippen molar-refractivity contribution in [2.75, 3.05) is 5.75 Å². The molecular formula is C5H10N4O3S2. The van der Waals surface area contributed by atoms with Gasteiger partial charge in [-0.15, -0.1) is 5.10 Å². The summed E-state index contributed by atoms with van der Waals surface area (Å²) < 4.78 is 30.7. The molecule has 7 nitrogen and oxygen atoms in total. The normalized spacial score (nSPS) is 11.9. The smallest absolute Gasteiger partial charge is 0.284 e. The first-order chi connectivity index (χ1) is 6.53. The van der Waals surface area contributed by atoms with Crippen LogP contribution >= 0.6 is 11.8 Å². The highest BCUT2D eigenvalue weighted by Crippen LogP contribution is 2.14. The van der Waals surface area contributed by atoms with Crippen molar-refractivity contribution in [3.63, 3.8) is 0 Å². The number of aromatic nitrogens is 4. The highest BCUT2D eigenvalue weighted by Gasteiger charge is 2.12. The molecule has 1 aromatic rings. The summed E-state index contributed by atoms with van der Waals surface area (Å²) in [7, 11) is -4.09. The van der Waals surface area contributed by atoms with E-state index in [4.69, 9.17) is 4.55 Å². The molecule has 0 aliphatic carbocycles. The van der Waals surface area contributed by atoms with Gasteiger partial charge in [-0.25, -0.2) is 4.68 Å². The maximum absolute atomic E-state index is 10.6. The zero-order chi connectivity index (χ0) is 10.6. The molecule has 0 aliphatic rings. The van der Waals surface area contributed by atoms with Crippen molar-refractivity contribution < 1.29 is 13.0 Å². The van der Waals surface area contributed by atoms with Crippen LogP contribution in [0.5, 0.6) is 0 Å². The third-order valence-electron chi connectivity index (χ3n) is 1.22. The van der Waals surface area contributed by atoms with Crippen molar-refractivity contribution in [1.82, 2.24) is 20.2 Å². The van der Waals surface area contributed by atoms with E-state index in [2.05, 4.69) is 15.5 Å². The van der Waals surface area contributed by atoms with E-state index < -0.39 is 16.0 Å². The molecule has 80 valence electrons. The van der Waals surface area contributed by atoms with E-state index in [-0.39, 0.29) is 0 Å². The lowest BCUT2D eigenvalue weighted by Crippen LogP contribution is -2.12. The van der Waals surface area contributed by atoms with Gasteiger partial charge in [-0.3, -0.25) is 4.55 Å². The minimum Gasteiger partial charge on any atom is -0.284 e. The molecule has 1 rings (SSSR count). The van der Waals surface area contributed by atoms with Crippen molar-refractivity contribution in [3.8, 4) is 0 Å². The van der Waals surface area contributed by atoms with Crippen molar-refractivity contribution >= 4 is 21.9 Å². The van der Waals surface area contributed by atoms with Crippen molar-refractivity contribution in [1.29, 1.82) is 0 Å². The van der Waals surface area contributed by atoms with Gasteiger partial charge in [0.2, 0.25) is 5.16 Å². The average Bonchev–Trinajstić information content (AvgIpc) is 2.45. The molecule has 0 saturated heterocycles. The molecule has 0 unspecified atom stereocenters. The van der Waals surface area contributed by atoms with Gasteiger partial charge in [-0.1, -0.05) is 18.7 Å². The minimum atomic E-state index is -4.09. The highest BCUT2D eigenvalue weighted by atomic mass is 32.2. The predicted molar refractivity (Wildman–Crippen MR) is 50.4 cm³/mol. The van der Waals surface area contributed by atoms with E-state index in [9.17, 15) is 8.42 Å². The van der Waals surface area contributed by atoms with E-state index in [1.54, 1.807) is 0 Å². The van der Waals surface area contributed by atoms with Gasteiger partial charge in [-0.05, 0) is 16.8 Å². The van der Waals surface area contributed by atoms with Crippen LogP contribution in [0.15, 0.2) is 5.16 Å². The number of tetrazole rings is 1. The predicted octanol–water partition coefficient (Wildman–Crippen LogP) is 0.0205. The third-order valence-corrected chi connectivity index (χ3v) is 2.95. The summed E-state index contributed by atoms with van der Waals surface area (Å²) in [5, 5.41) is 10.8. The first-order valence-electron chi connectivity index (χ1n) is 3.87. The lowest BCUT2D eigenvalue weighted by atomic mass is 10.6. The molecule has 0 amide bonds. The monoisotopic (exact) mass is 238 g/mol. The van der Waals surface area contributed by atoms with Crippen molar-refractivity contribution in [2.45, 2.75) is 24.4 Å². The molecule has 1 heterocycles. The number of hydrogen-bond donors (Lipinski definition) is 1. The Labute approximate surface area is 85.6 Å². The summed E-state index contributed by atoms with van der Waals surface area (Å²) in [5.41, 5.74) is 0. The third kappa shape index (κ3) is 3.60. The van der Waals surface area contributed by atoms with Crippen LogP contribution in [0.4, 0.5) is 0 Å². The Balaban J connectivity index is 2.72. The molecule has 1 N–H and O–H groups in total. The van der Waals surface area contributed by atoms with Gasteiger partial charge in [0.1, 0.15) is 0 Å². The molecule has 14 heavy (non-hydrogen) atoms. The second-order valence-electron chi connectivity index (χ2n) is 2.52. The van der Waals surface area contributed by atoms with Crippen LogP contribution in [-0.2, 0) is 16.0 Å². The fourth-order valence-corrected chi connectivity index (χ4v) is 2.02. The highest BCUT2D eigenvalue weighted by molar-refractivity contribution is 7.99. The fraction of sp³-hybridized carbons (Fsp3) is 0.800. The van der Waals surface area contributed by atoms with Crippen molar-refractivity contribution in [2.24, 2.45) is 0 Å². The van der Waals surface area contributed by atoms with Gasteiger partial charge in [0.15, 0.2) is 5.88 Å². The number of nitrogens with zero attached hydrogens (tertiary/aromatic N) is 4. The zero-order valence-corrected chi connectivity index (χ0v) is 9.12. The molecule has 0 radical (unpaired) electrons. The van der Waals surface area contributed by atoms with Crippen LogP contribution in [0.25, 0.3) is 0 Å². The molecule has 0 aromatic carbocycles. The first-order valence-corrected chi connectivity index (χ1v) is 6.46. The van der Waals surface area contributed by atoms with Gasteiger partial charge in [0.25, 0.3) is 10.1 Å². The summed E-state index contributed by atoms with van der Waals surface area (Å²) in [5.74, 6) is 0.192. The van der Waals surface area contributed by atoms with Gasteiger partial charge in [0.05, 0.1) is 0 Å². The Morgan fingerprint density at radius 1 is 1.57 bits per heavy atom. The average molecular weight is 238 g/mol. The molecule has 0 fully saturated rings. The van der Waals surface area contributed by atoms with Crippen LogP contribution in [0.1, 0.15) is 13.3 Å². The Bertz CT molecular complexity index is 387. The standard InChI is InChI=1S/C5H10N4O3S2/c1-2-3-13-5-6-7-8-9(5)4-14(10,11)12/h2-4H2,1H3,(H,10,11,12). The van der Waals surface area contributed by atoms with Crippen LogP contribution in [0.2, 0.25) is 0 Å². The molecule has 0 aliphatic heterocycles. The van der Waals surface area contributed by atoms with Crippen molar-refractivity contribution in [3.05, 3.63) is 0 Å². The number of thioether (sulfide) groups is 1. The van der Waals surface area contributed by atoms with Gasteiger partial charge in [-0.2, -0.15) is 8.42 Å². The van der Waals surface area contributed by atoms with E-state index in [1.165, 1.54) is 11.8 Å². The summed E-state index contributed by atoms with van der Waals surface area (Å²) in [4.78, 5) is 0. The summed E-state index contributed by atoms with van der Waals surface area (Å²) in [6, 6.07) is 0. The van der Waals surface area contributed by atoms with Crippen LogP contribution < -0.4 is 0 Å². The second kappa shape index (κ2) is 4.71. The molecular weight excluding hydrogens is 228 g/mol. The SMILES string of the molecule is CCCSc1nnnn1CS(=O)(=O)O. The van der Waals surface area contributed by atoms with Crippen LogP contribution in [-0.4, -0.2) is 38.9 Å². The Morgan fingerprint density at radius 2 is 2.29 bits per heavy atom. The lowest BCUT2D eigenvalue weighted by molar-refractivity contribution is 0.459. The Kier molecular flexibility index (Phi) is 3.84. The summed E-state index contributed by atoms with van der Waals surface area (Å²) >= 11 is 1.35. The zero-order valence-electron chi connectivity index (χ0n) is 7.49. The number of hydrogen-bond acceptors (Lipinski definition) is 6. The lowest BCUT2D eigenvalue weighted by Gasteiger charge is -2.00. The Morgan fingerprint density at radius 3 is 2.86 bits per heavy atom. The minimum absolute atomic E-state index is 0.393. The maximum atomic E-state index is 10.6. The van der Waals surface area contributed by atoms with Gasteiger partial charge >= 0.3 is 0 Å².